The molecule has 0 radical (unpaired) electrons. The van der Waals surface area contributed by atoms with Crippen LogP contribution >= 0.6 is 22.7 Å². The molecule has 12 heterocycles. The van der Waals surface area contributed by atoms with E-state index in [-0.39, 0.29) is 59.0 Å². The van der Waals surface area contributed by atoms with Crippen molar-refractivity contribution in [1.82, 2.24) is 58.9 Å². The largest absolute Gasteiger partial charge is 0.481 e. The van der Waals surface area contributed by atoms with Gasteiger partial charge < -0.3 is 45.4 Å². The zero-order valence-electron chi connectivity index (χ0n) is 56.6. The maximum absolute atomic E-state index is 13.6. The van der Waals surface area contributed by atoms with E-state index in [9.17, 15) is 33.7 Å². The number of rotatable bonds is 16. The van der Waals surface area contributed by atoms with Crippen molar-refractivity contribution in [2.45, 2.75) is 113 Å². The molecule has 0 saturated carbocycles. The molecule has 0 atom stereocenters. The highest BCUT2D eigenvalue weighted by atomic mass is 32.1. The molecule has 103 heavy (non-hydrogen) atoms. The number of nitrogens with one attached hydrogen (secondary N) is 1. The van der Waals surface area contributed by atoms with Gasteiger partial charge in [-0.3, -0.25) is 18.4 Å². The zero-order chi connectivity index (χ0) is 70.5. The van der Waals surface area contributed by atoms with Crippen LogP contribution in [0, 0.1) is 52.1 Å². The van der Waals surface area contributed by atoms with Crippen LogP contribution in [0.3, 0.4) is 0 Å². The van der Waals surface area contributed by atoms with Gasteiger partial charge in [-0.2, -0.15) is 10.5 Å². The molecule has 4 fully saturated rings. The monoisotopic (exact) mass is 1440 g/mol. The molecule has 2 aromatic carbocycles. The molecule has 24 nitrogen and oxygen atoms in total. The van der Waals surface area contributed by atoms with Gasteiger partial charge in [0.2, 0.25) is 11.9 Å². The molecule has 540 valence electrons. The van der Waals surface area contributed by atoms with E-state index in [1.165, 1.54) is 51.8 Å². The minimum atomic E-state index is -0.857. The summed E-state index contributed by atoms with van der Waals surface area (Å²) in [5, 5.41) is 32.7. The van der Waals surface area contributed by atoms with Gasteiger partial charge >= 0.3 is 12.1 Å². The number of ether oxygens (including phenoxy) is 1. The number of Topliss-reactive ketones (excluding diaryl/α,β-unsaturated/α-hetero) is 1. The number of amides is 1. The van der Waals surface area contributed by atoms with Crippen LogP contribution < -0.4 is 30.7 Å². The standard InChI is InChI=1S/C34H34FN9OS.C29H28FN9S.C9H15NO4.3CH4/c1-3-27-32(42(2)34-41-31(29(15-36)46-34)22-4-7-26(35)8-5-22)44-20-23(6-9-30(44)40-27)24-18-38-33(39-19-24)43-12-10-21(11-13-43)14-28(45)25-16-37-17-25;1-3-23-27(37(2)29-36-26(24(14-31)40-29)18-4-7-21(30)8-5-18)39-17-19(6-9-25(39)35-23)20-15-33-28(34-16-20)38-12-10-22(32)11-13-38;1-9(2,3)14-8(13)10-4-6(5-10)7(11)12;;;/h4-9,18-21,25,37H,3,10-14,16-17H2,1-2H3;4-9,15-17,22H,3,10-13,32H2,1-2H3;6H,4-5H2,1-3H3,(H,11,12);3*1H4. The SMILES string of the molecule is C.C.C.CC(C)(C)OC(=O)N1CC(C(=O)O)C1.CCc1nc2ccc(-c3cnc(N4CCC(CC(=O)C5CNC5)CC4)nc3)cn2c1N(C)c1nc(-c2ccc(F)cc2)c(C#N)s1.CCc1nc2ccc(-c3cnc(N4CCC(N)CC4)nc3)cn2c1N(C)c1nc(-c2ccc(F)cc2)c(C#N)s1. The number of carbonyl (C=O) groups is 3. The molecule has 0 spiro atoms. The second-order valence-corrected chi connectivity index (χ2v) is 28.2. The molecular formula is C75H89F2N19O5S2. The van der Waals surface area contributed by atoms with Crippen molar-refractivity contribution in [2.75, 3.05) is 86.1 Å². The predicted octanol–water partition coefficient (Wildman–Crippen LogP) is 13.7. The summed E-state index contributed by atoms with van der Waals surface area (Å²) in [7, 11) is 3.84. The molecule has 14 rings (SSSR count). The summed E-state index contributed by atoms with van der Waals surface area (Å²) >= 11 is 2.59. The number of nitrogens with two attached hydrogens (primary N) is 1. The summed E-state index contributed by atoms with van der Waals surface area (Å²) in [5.74, 6) is 2.26. The molecule has 8 aromatic heterocycles. The van der Waals surface area contributed by atoms with Crippen LogP contribution in [0.2, 0.25) is 0 Å². The molecule has 0 aliphatic carbocycles. The first-order valence-corrected chi connectivity index (χ1v) is 35.0. The molecule has 28 heteroatoms. The Morgan fingerprint density at radius 3 is 1.40 bits per heavy atom. The Kier molecular flexibility index (Phi) is 24.7. The van der Waals surface area contributed by atoms with E-state index in [1.54, 1.807) is 45.0 Å². The first-order valence-electron chi connectivity index (χ1n) is 33.3. The lowest BCUT2D eigenvalue weighted by atomic mass is 9.86. The number of piperidine rings is 2. The lowest BCUT2D eigenvalue weighted by Crippen LogP contribution is -2.54. The number of anilines is 6. The number of pyridine rings is 2. The Hall–Kier alpha value is -10.4. The van der Waals surface area contributed by atoms with Crippen LogP contribution in [-0.4, -0.2) is 155 Å². The van der Waals surface area contributed by atoms with Crippen molar-refractivity contribution in [3.63, 3.8) is 0 Å². The van der Waals surface area contributed by atoms with Crippen LogP contribution in [0.25, 0.3) is 56.1 Å². The number of fused-ring (bicyclic) bond motifs is 2. The number of likely N-dealkylation sites (tertiary alicyclic amines) is 1. The van der Waals surface area contributed by atoms with Crippen molar-refractivity contribution in [3.8, 4) is 56.9 Å². The van der Waals surface area contributed by atoms with Crippen LogP contribution in [-0.2, 0) is 27.2 Å². The normalized spacial score (nSPS) is 14.8. The number of aryl methyl sites for hydroxylation is 2. The first-order chi connectivity index (χ1) is 48.1. The van der Waals surface area contributed by atoms with E-state index in [4.69, 9.17) is 45.5 Å². The summed E-state index contributed by atoms with van der Waals surface area (Å²) in [6.45, 7) is 15.1. The smallest absolute Gasteiger partial charge is 0.410 e. The summed E-state index contributed by atoms with van der Waals surface area (Å²) in [6, 6.07) is 24.8. The average Bonchev–Trinajstić information content (AvgIpc) is 1.63. The second-order valence-electron chi connectivity index (χ2n) is 26.2. The van der Waals surface area contributed by atoms with Gasteiger partial charge in [-0.25, -0.2) is 53.4 Å². The third-order valence-electron chi connectivity index (χ3n) is 18.1. The predicted molar refractivity (Wildman–Crippen MR) is 401 cm³/mol. The topological polar surface area (TPSA) is 294 Å². The highest BCUT2D eigenvalue weighted by Crippen LogP contribution is 2.40. The molecule has 4 N–H and O–H groups in total. The fourth-order valence-corrected chi connectivity index (χ4v) is 14.0. The number of ketones is 1. The number of nitriles is 2. The number of hydrogen-bond donors (Lipinski definition) is 3. The number of aromatic nitrogens is 10. The number of imidazole rings is 2. The Morgan fingerprint density at radius 1 is 0.621 bits per heavy atom. The Labute approximate surface area is 607 Å². The average molecular weight is 1440 g/mol. The number of halogens is 2. The van der Waals surface area contributed by atoms with E-state index in [0.717, 1.165) is 134 Å². The fraction of sp³-hybridized carbons (Fsp3) is 0.400. The van der Waals surface area contributed by atoms with Crippen molar-refractivity contribution in [2.24, 2.45) is 23.5 Å². The first kappa shape index (κ1) is 76.8. The maximum Gasteiger partial charge on any atom is 0.410 e. The van der Waals surface area contributed by atoms with Gasteiger partial charge in [-0.15, -0.1) is 0 Å². The van der Waals surface area contributed by atoms with Gasteiger partial charge in [0.25, 0.3) is 0 Å². The van der Waals surface area contributed by atoms with Crippen LogP contribution in [0.5, 0.6) is 0 Å². The van der Waals surface area contributed by atoms with E-state index in [2.05, 4.69) is 51.1 Å². The molecular weight excluding hydrogens is 1350 g/mol. The Morgan fingerprint density at radius 2 is 1.03 bits per heavy atom. The third kappa shape index (κ3) is 17.2. The fourth-order valence-electron chi connectivity index (χ4n) is 12.3. The van der Waals surface area contributed by atoms with Gasteiger partial charge in [-0.1, -0.05) is 58.8 Å². The molecule has 1 amide bonds. The lowest BCUT2D eigenvalue weighted by Gasteiger charge is -2.37. The molecule has 0 bridgehead atoms. The van der Waals surface area contributed by atoms with Crippen LogP contribution in [0.15, 0.2) is 110 Å². The second kappa shape index (κ2) is 33.2. The van der Waals surface area contributed by atoms with E-state index in [1.807, 2.05) is 94.1 Å². The number of benzene rings is 2. The highest BCUT2D eigenvalue weighted by Gasteiger charge is 2.38. The number of carboxylic acids is 1. The number of aliphatic carboxylic acids is 1. The van der Waals surface area contributed by atoms with Gasteiger partial charge in [0.05, 0.1) is 17.3 Å². The number of carbonyl (C=O) groups excluding carboxylic acids is 2. The van der Waals surface area contributed by atoms with Crippen molar-refractivity contribution in [3.05, 3.63) is 143 Å². The van der Waals surface area contributed by atoms with Crippen molar-refractivity contribution >= 4 is 85.6 Å². The summed E-state index contributed by atoms with van der Waals surface area (Å²) in [4.78, 5) is 82.9. The van der Waals surface area contributed by atoms with Crippen molar-refractivity contribution in [1.29, 1.82) is 10.5 Å². The quantitative estimate of drug-likeness (QED) is 0.0810. The molecule has 4 aliphatic rings. The molecule has 0 unspecified atom stereocenters. The Bertz CT molecular complexity index is 4670. The van der Waals surface area contributed by atoms with Gasteiger partial charge in [0.15, 0.2) is 10.3 Å². The summed E-state index contributed by atoms with van der Waals surface area (Å²) in [6.07, 6.45) is 17.0. The minimum absolute atomic E-state index is 0. The zero-order valence-corrected chi connectivity index (χ0v) is 58.3. The summed E-state index contributed by atoms with van der Waals surface area (Å²) < 4.78 is 36.2. The molecule has 4 aliphatic heterocycles. The van der Waals surface area contributed by atoms with Crippen molar-refractivity contribution < 1.29 is 33.0 Å². The number of hydrogen-bond acceptors (Lipinski definition) is 22. The van der Waals surface area contributed by atoms with Crippen LogP contribution in [0.1, 0.15) is 110 Å². The Balaban J connectivity index is 0.000000198. The lowest BCUT2D eigenvalue weighted by molar-refractivity contribution is -0.146. The third-order valence-corrected chi connectivity index (χ3v) is 20.2. The number of nitrogens with zero attached hydrogens (tertiary/aromatic N) is 17. The number of carboxylic acid groups (broad SMARTS) is 1. The minimum Gasteiger partial charge on any atom is -0.481 e. The molecule has 10 aromatic rings. The molecule has 4 saturated heterocycles. The van der Waals surface area contributed by atoms with Gasteiger partial charge in [-0.05, 0) is 138 Å². The van der Waals surface area contributed by atoms with Gasteiger partial charge in [0.1, 0.15) is 79.2 Å². The van der Waals surface area contributed by atoms with E-state index in [0.29, 0.717) is 73.0 Å². The van der Waals surface area contributed by atoms with E-state index < -0.39 is 23.6 Å². The van der Waals surface area contributed by atoms with Crippen LogP contribution in [0.4, 0.5) is 47.4 Å². The highest BCUT2D eigenvalue weighted by molar-refractivity contribution is 7.17. The summed E-state index contributed by atoms with van der Waals surface area (Å²) in [5.41, 5.74) is 15.1. The maximum atomic E-state index is 13.6. The van der Waals surface area contributed by atoms with Gasteiger partial charge in [0, 0.05) is 155 Å². The number of thiazole rings is 2. The van der Waals surface area contributed by atoms with E-state index >= 15 is 0 Å².